The zero-order chi connectivity index (χ0) is 28.6. The predicted molar refractivity (Wildman–Crippen MR) is 156 cm³/mol. The van der Waals surface area contributed by atoms with Gasteiger partial charge in [-0.1, -0.05) is 36.4 Å². The number of ketones is 1. The second kappa shape index (κ2) is 11.1. The maximum absolute atomic E-state index is 13.7. The number of hydrogen-bond acceptors (Lipinski definition) is 8. The quantitative estimate of drug-likeness (QED) is 0.138. The molecule has 2 aliphatic rings. The molecule has 40 heavy (non-hydrogen) atoms. The number of non-ortho nitro benzene ring substituents is 1. The maximum atomic E-state index is 13.7. The number of esters is 1. The van der Waals surface area contributed by atoms with Gasteiger partial charge in [0.05, 0.1) is 33.5 Å². The minimum atomic E-state index is -0.706. The number of hydrogen-bond donors (Lipinski definition) is 1. The number of methoxy groups -OCH3 is 1. The van der Waals surface area contributed by atoms with E-state index in [0.717, 1.165) is 5.56 Å². The van der Waals surface area contributed by atoms with E-state index >= 15 is 0 Å². The van der Waals surface area contributed by atoms with Crippen molar-refractivity contribution in [3.63, 3.8) is 0 Å². The van der Waals surface area contributed by atoms with Crippen LogP contribution in [0.15, 0.2) is 77.5 Å². The van der Waals surface area contributed by atoms with Crippen LogP contribution in [-0.2, 0) is 16.1 Å². The minimum absolute atomic E-state index is 0.0223. The van der Waals surface area contributed by atoms with Gasteiger partial charge in [-0.05, 0) is 59.7 Å². The number of nitro groups is 1. The number of dihydropyridines is 1. The Bertz CT molecular complexity index is 1630. The zero-order valence-corrected chi connectivity index (χ0v) is 24.1. The number of allylic oxidation sites excluding steroid dienone is 2. The van der Waals surface area contributed by atoms with Crippen molar-refractivity contribution in [2.45, 2.75) is 26.4 Å². The molecule has 0 fully saturated rings. The summed E-state index contributed by atoms with van der Waals surface area (Å²) in [5.74, 6) is -0.509. The van der Waals surface area contributed by atoms with Crippen molar-refractivity contribution in [3.8, 4) is 11.5 Å². The van der Waals surface area contributed by atoms with Gasteiger partial charge in [0.15, 0.2) is 17.3 Å². The van der Waals surface area contributed by atoms with E-state index in [2.05, 4.69) is 27.9 Å². The fourth-order valence-corrected chi connectivity index (χ4v) is 5.90. The summed E-state index contributed by atoms with van der Waals surface area (Å²) in [6.45, 7) is 4.06. The number of nitro benzene ring substituents is 1. The molecule has 10 heteroatoms. The van der Waals surface area contributed by atoms with E-state index in [1.165, 1.54) is 19.2 Å². The summed E-state index contributed by atoms with van der Waals surface area (Å²) >= 11 is 2.13. The lowest BCUT2D eigenvalue weighted by atomic mass is 9.79. The Kier molecular flexibility index (Phi) is 7.61. The van der Waals surface area contributed by atoms with Gasteiger partial charge in [-0.3, -0.25) is 14.9 Å². The summed E-state index contributed by atoms with van der Waals surface area (Å²) in [6, 6.07) is 17.2. The number of ether oxygens (including phenoxy) is 3. The van der Waals surface area contributed by atoms with Gasteiger partial charge < -0.3 is 19.5 Å². The Hall–Kier alpha value is -4.19. The van der Waals surface area contributed by atoms with E-state index in [-0.39, 0.29) is 18.1 Å². The summed E-state index contributed by atoms with van der Waals surface area (Å²) in [5.41, 5.74) is 4.71. The van der Waals surface area contributed by atoms with Crippen LogP contribution < -0.4 is 14.8 Å². The average molecular weight is 652 g/mol. The van der Waals surface area contributed by atoms with Crippen LogP contribution in [0.3, 0.4) is 0 Å². The predicted octanol–water partition coefficient (Wildman–Crippen LogP) is 5.92. The molecule has 1 atom stereocenters. The lowest BCUT2D eigenvalue weighted by molar-refractivity contribution is -0.384. The SMILES string of the molecule is CCOc1cc([C@@H]2C(C(=O)OC)=C(C)NC3=C2C(=O)c2ccccc23)cc(I)c1OCc1cccc([N+](=O)[O-])c1. The third-order valence-corrected chi connectivity index (χ3v) is 7.63. The van der Waals surface area contributed by atoms with Crippen LogP contribution in [-0.4, -0.2) is 30.4 Å². The molecule has 3 aromatic rings. The van der Waals surface area contributed by atoms with Gasteiger partial charge in [0.25, 0.3) is 5.69 Å². The van der Waals surface area contributed by atoms with Crippen LogP contribution in [0.1, 0.15) is 46.8 Å². The van der Waals surface area contributed by atoms with Crippen LogP contribution in [0, 0.1) is 13.7 Å². The molecule has 9 nitrogen and oxygen atoms in total. The highest BCUT2D eigenvalue weighted by molar-refractivity contribution is 14.1. The highest BCUT2D eigenvalue weighted by atomic mass is 127. The summed E-state index contributed by atoms with van der Waals surface area (Å²) in [5, 5.41) is 14.5. The fraction of sp³-hybridized carbons (Fsp3) is 0.200. The Morgan fingerprint density at radius 1 is 1.07 bits per heavy atom. The van der Waals surface area contributed by atoms with E-state index < -0.39 is 16.8 Å². The Balaban J connectivity index is 1.59. The first-order valence-corrected chi connectivity index (χ1v) is 13.6. The van der Waals surface area contributed by atoms with Crippen molar-refractivity contribution in [1.82, 2.24) is 5.32 Å². The first-order chi connectivity index (χ1) is 19.2. The third-order valence-electron chi connectivity index (χ3n) is 6.82. The first kappa shape index (κ1) is 27.4. The molecule has 0 saturated carbocycles. The number of rotatable bonds is 8. The molecule has 0 aromatic heterocycles. The number of carbonyl (C=O) groups is 2. The molecule has 1 aliphatic heterocycles. The van der Waals surface area contributed by atoms with E-state index in [0.29, 0.717) is 60.9 Å². The number of nitrogens with one attached hydrogen (secondary N) is 1. The topological polar surface area (TPSA) is 117 Å². The normalized spacial score (nSPS) is 15.8. The molecule has 0 unspecified atom stereocenters. The molecule has 1 aliphatic carbocycles. The molecule has 0 bridgehead atoms. The second-order valence-electron chi connectivity index (χ2n) is 9.23. The van der Waals surface area contributed by atoms with Gasteiger partial charge in [-0.25, -0.2) is 4.79 Å². The smallest absolute Gasteiger partial charge is 0.336 e. The fourth-order valence-electron chi connectivity index (χ4n) is 5.12. The third kappa shape index (κ3) is 4.83. The Labute approximate surface area is 244 Å². The van der Waals surface area contributed by atoms with Crippen LogP contribution in [0.2, 0.25) is 0 Å². The number of Topliss-reactive ketones (excluding diaryl/α,β-unsaturated/α-hetero) is 1. The largest absolute Gasteiger partial charge is 0.490 e. The van der Waals surface area contributed by atoms with Crippen molar-refractivity contribution in [2.24, 2.45) is 0 Å². The van der Waals surface area contributed by atoms with E-state index in [1.54, 1.807) is 31.2 Å². The lowest BCUT2D eigenvalue weighted by Crippen LogP contribution is -2.29. The van der Waals surface area contributed by atoms with E-state index in [9.17, 15) is 19.7 Å². The molecule has 0 saturated heterocycles. The number of halogens is 1. The zero-order valence-electron chi connectivity index (χ0n) is 21.9. The molecule has 204 valence electrons. The highest BCUT2D eigenvalue weighted by Crippen LogP contribution is 2.48. The van der Waals surface area contributed by atoms with Crippen LogP contribution in [0.4, 0.5) is 5.69 Å². The van der Waals surface area contributed by atoms with Crippen molar-refractivity contribution >= 4 is 45.7 Å². The van der Waals surface area contributed by atoms with Gasteiger partial charge >= 0.3 is 5.97 Å². The molecule has 3 aromatic carbocycles. The number of fused-ring (bicyclic) bond motifs is 2. The van der Waals surface area contributed by atoms with Gasteiger partial charge in [0.1, 0.15) is 6.61 Å². The van der Waals surface area contributed by atoms with Crippen LogP contribution in [0.25, 0.3) is 5.70 Å². The summed E-state index contributed by atoms with van der Waals surface area (Å²) < 4.78 is 17.9. The minimum Gasteiger partial charge on any atom is -0.490 e. The second-order valence-corrected chi connectivity index (χ2v) is 10.4. The highest BCUT2D eigenvalue weighted by Gasteiger charge is 2.43. The Morgan fingerprint density at radius 2 is 1.82 bits per heavy atom. The standard InChI is InChI=1S/C30H25IN2O7/c1-4-39-23-14-18(13-22(31)29(23)40-15-17-8-7-9-19(12-17)33(36)37)25-24(30(35)38-3)16(2)32-27-20-10-5-6-11-21(20)28(34)26(25)27/h5-14,25,32H,4,15H2,1-3H3/t25-/m1/s1. The summed E-state index contributed by atoms with van der Waals surface area (Å²) in [7, 11) is 1.31. The average Bonchev–Trinajstić information content (AvgIpc) is 3.22. The molecular weight excluding hydrogens is 627 g/mol. The maximum Gasteiger partial charge on any atom is 0.336 e. The number of benzene rings is 3. The lowest BCUT2D eigenvalue weighted by Gasteiger charge is -2.29. The molecule has 5 rings (SSSR count). The molecule has 1 N–H and O–H groups in total. The van der Waals surface area contributed by atoms with Crippen molar-refractivity contribution < 1.29 is 28.7 Å². The van der Waals surface area contributed by atoms with Gasteiger partial charge in [-0.2, -0.15) is 0 Å². The van der Waals surface area contributed by atoms with Gasteiger partial charge in [0, 0.05) is 40.4 Å². The van der Waals surface area contributed by atoms with E-state index in [4.69, 9.17) is 14.2 Å². The van der Waals surface area contributed by atoms with Crippen molar-refractivity contribution in [2.75, 3.05) is 13.7 Å². The van der Waals surface area contributed by atoms with E-state index in [1.807, 2.05) is 31.2 Å². The van der Waals surface area contributed by atoms with Gasteiger partial charge in [-0.15, -0.1) is 0 Å². The van der Waals surface area contributed by atoms with Crippen molar-refractivity contribution in [3.05, 3.63) is 113 Å². The van der Waals surface area contributed by atoms with Crippen molar-refractivity contribution in [1.29, 1.82) is 0 Å². The van der Waals surface area contributed by atoms with Crippen LogP contribution in [0.5, 0.6) is 11.5 Å². The molecule has 0 amide bonds. The molecule has 1 heterocycles. The Morgan fingerprint density at radius 3 is 2.52 bits per heavy atom. The van der Waals surface area contributed by atoms with Crippen LogP contribution >= 0.6 is 22.6 Å². The van der Waals surface area contributed by atoms with Gasteiger partial charge in [0.2, 0.25) is 0 Å². The monoisotopic (exact) mass is 652 g/mol. The number of nitrogens with zero attached hydrogens (tertiary/aromatic N) is 1. The summed E-state index contributed by atoms with van der Waals surface area (Å²) in [4.78, 5) is 37.5. The molecular formula is C30H25IN2O7. The summed E-state index contributed by atoms with van der Waals surface area (Å²) in [6.07, 6.45) is 0. The molecule has 0 spiro atoms. The number of carbonyl (C=O) groups excluding carboxylic acids is 2. The first-order valence-electron chi connectivity index (χ1n) is 12.5. The molecule has 0 radical (unpaired) electrons.